The Balaban J connectivity index is 2.27. The summed E-state index contributed by atoms with van der Waals surface area (Å²) in [5.41, 5.74) is 0. The second kappa shape index (κ2) is 4.75. The lowest BCUT2D eigenvalue weighted by Crippen LogP contribution is -2.00. The van der Waals surface area contributed by atoms with Gasteiger partial charge in [-0.3, -0.25) is 4.79 Å². The second-order valence-electron chi connectivity index (χ2n) is 2.90. The molecule has 1 aromatic rings. The molecule has 2 nitrogen and oxygen atoms in total. The highest BCUT2D eigenvalue weighted by Gasteiger charge is 2.04. The molecule has 0 bridgehead atoms. The van der Waals surface area contributed by atoms with Crippen molar-refractivity contribution in [2.75, 3.05) is 0 Å². The molecule has 66 valence electrons. The first-order chi connectivity index (χ1) is 5.83. The fourth-order valence-corrected chi connectivity index (χ4v) is 1.07. The summed E-state index contributed by atoms with van der Waals surface area (Å²) in [6.07, 6.45) is 4.79. The monoisotopic (exact) mass is 166 g/mol. The number of rotatable bonds is 5. The van der Waals surface area contributed by atoms with E-state index >= 15 is 0 Å². The Labute approximate surface area is 72.6 Å². The van der Waals surface area contributed by atoms with Gasteiger partial charge in [-0.05, 0) is 18.6 Å². The molecule has 0 saturated carbocycles. The number of hydrogen-bond donors (Lipinski definition) is 0. The largest absolute Gasteiger partial charge is 0.469 e. The van der Waals surface area contributed by atoms with Crippen LogP contribution in [0.5, 0.6) is 0 Å². The van der Waals surface area contributed by atoms with Gasteiger partial charge in [-0.1, -0.05) is 13.3 Å². The first-order valence-corrected chi connectivity index (χ1v) is 4.37. The third-order valence-corrected chi connectivity index (χ3v) is 1.76. The van der Waals surface area contributed by atoms with E-state index in [-0.39, 0.29) is 5.78 Å². The molecule has 0 aliphatic heterocycles. The van der Waals surface area contributed by atoms with Crippen molar-refractivity contribution in [3.63, 3.8) is 0 Å². The molecule has 0 radical (unpaired) electrons. The molecular formula is C10H14O2. The van der Waals surface area contributed by atoms with Crippen molar-refractivity contribution in [3.05, 3.63) is 24.2 Å². The number of carbonyl (C=O) groups is 1. The van der Waals surface area contributed by atoms with Crippen LogP contribution < -0.4 is 0 Å². The predicted molar refractivity (Wildman–Crippen MR) is 46.9 cm³/mol. The van der Waals surface area contributed by atoms with Crippen molar-refractivity contribution in [1.82, 2.24) is 0 Å². The van der Waals surface area contributed by atoms with Crippen LogP contribution in [0.1, 0.15) is 31.9 Å². The molecule has 0 N–H and O–H groups in total. The summed E-state index contributed by atoms with van der Waals surface area (Å²) in [6, 6.07) is 3.65. The van der Waals surface area contributed by atoms with Crippen molar-refractivity contribution in [2.24, 2.45) is 0 Å². The summed E-state index contributed by atoms with van der Waals surface area (Å²) >= 11 is 0. The highest BCUT2D eigenvalue weighted by Crippen LogP contribution is 2.04. The molecule has 2 heteroatoms. The SMILES string of the molecule is CCCCC(=O)Cc1ccco1. The van der Waals surface area contributed by atoms with E-state index in [0.29, 0.717) is 12.8 Å². The minimum absolute atomic E-state index is 0.270. The van der Waals surface area contributed by atoms with Gasteiger partial charge in [0, 0.05) is 6.42 Å². The minimum Gasteiger partial charge on any atom is -0.469 e. The summed E-state index contributed by atoms with van der Waals surface area (Å²) in [7, 11) is 0. The van der Waals surface area contributed by atoms with E-state index in [9.17, 15) is 4.79 Å². The van der Waals surface area contributed by atoms with Crippen molar-refractivity contribution in [2.45, 2.75) is 32.6 Å². The first kappa shape index (κ1) is 9.04. The van der Waals surface area contributed by atoms with Gasteiger partial charge in [0.05, 0.1) is 12.7 Å². The lowest BCUT2D eigenvalue weighted by Gasteiger charge is -1.95. The maximum atomic E-state index is 11.2. The normalized spacial score (nSPS) is 10.1. The van der Waals surface area contributed by atoms with Crippen LogP contribution >= 0.6 is 0 Å². The van der Waals surface area contributed by atoms with Crippen molar-refractivity contribution in [3.8, 4) is 0 Å². The Morgan fingerprint density at radius 2 is 2.42 bits per heavy atom. The van der Waals surface area contributed by atoms with Crippen LogP contribution in [-0.4, -0.2) is 5.78 Å². The number of Topliss-reactive ketones (excluding diaryl/α,β-unsaturated/α-hetero) is 1. The first-order valence-electron chi connectivity index (χ1n) is 4.37. The zero-order chi connectivity index (χ0) is 8.81. The van der Waals surface area contributed by atoms with E-state index < -0.39 is 0 Å². The number of ketones is 1. The predicted octanol–water partition coefficient (Wildman–Crippen LogP) is 2.58. The molecule has 0 aliphatic carbocycles. The van der Waals surface area contributed by atoms with E-state index in [4.69, 9.17) is 4.42 Å². The summed E-state index contributed by atoms with van der Waals surface area (Å²) in [4.78, 5) is 11.2. The molecule has 12 heavy (non-hydrogen) atoms. The Morgan fingerprint density at radius 3 is 3.00 bits per heavy atom. The van der Waals surface area contributed by atoms with Crippen LogP contribution in [0.4, 0.5) is 0 Å². The van der Waals surface area contributed by atoms with Crippen LogP contribution in [0.15, 0.2) is 22.8 Å². The molecule has 0 saturated heterocycles. The molecule has 0 unspecified atom stereocenters. The van der Waals surface area contributed by atoms with Gasteiger partial charge < -0.3 is 4.42 Å². The van der Waals surface area contributed by atoms with Gasteiger partial charge >= 0.3 is 0 Å². The topological polar surface area (TPSA) is 30.2 Å². The van der Waals surface area contributed by atoms with E-state index in [1.54, 1.807) is 6.26 Å². The molecule has 0 amide bonds. The fraction of sp³-hybridized carbons (Fsp3) is 0.500. The Kier molecular flexibility index (Phi) is 3.58. The molecule has 1 heterocycles. The maximum Gasteiger partial charge on any atom is 0.140 e. The average Bonchev–Trinajstić information content (AvgIpc) is 2.53. The highest BCUT2D eigenvalue weighted by atomic mass is 16.3. The molecule has 0 atom stereocenters. The van der Waals surface area contributed by atoms with Gasteiger partial charge in [-0.25, -0.2) is 0 Å². The van der Waals surface area contributed by atoms with Crippen LogP contribution in [0.3, 0.4) is 0 Å². The summed E-state index contributed by atoms with van der Waals surface area (Å²) < 4.78 is 5.06. The maximum absolute atomic E-state index is 11.2. The molecule has 1 aromatic heterocycles. The van der Waals surface area contributed by atoms with Gasteiger partial charge in [0.15, 0.2) is 0 Å². The number of unbranched alkanes of at least 4 members (excludes halogenated alkanes) is 1. The van der Waals surface area contributed by atoms with Crippen molar-refractivity contribution in [1.29, 1.82) is 0 Å². The Bertz CT molecular complexity index is 224. The van der Waals surface area contributed by atoms with Gasteiger partial charge in [0.1, 0.15) is 11.5 Å². The lowest BCUT2D eigenvalue weighted by atomic mass is 10.1. The fourth-order valence-electron chi connectivity index (χ4n) is 1.07. The average molecular weight is 166 g/mol. The smallest absolute Gasteiger partial charge is 0.140 e. The molecule has 0 spiro atoms. The quantitative estimate of drug-likeness (QED) is 0.673. The van der Waals surface area contributed by atoms with Crippen molar-refractivity contribution < 1.29 is 9.21 Å². The van der Waals surface area contributed by atoms with Gasteiger partial charge in [0.2, 0.25) is 0 Å². The standard InChI is InChI=1S/C10H14O2/c1-2-3-5-9(11)8-10-6-4-7-12-10/h4,6-7H,2-3,5,8H2,1H3. The zero-order valence-corrected chi connectivity index (χ0v) is 7.38. The van der Waals surface area contributed by atoms with Crippen LogP contribution in [-0.2, 0) is 11.2 Å². The summed E-state index contributed by atoms with van der Waals surface area (Å²) in [5, 5.41) is 0. The molecule has 0 fully saturated rings. The van der Waals surface area contributed by atoms with Gasteiger partial charge in [-0.15, -0.1) is 0 Å². The molecular weight excluding hydrogens is 152 g/mol. The van der Waals surface area contributed by atoms with Crippen LogP contribution in [0.2, 0.25) is 0 Å². The van der Waals surface area contributed by atoms with Crippen molar-refractivity contribution >= 4 is 5.78 Å². The van der Waals surface area contributed by atoms with Gasteiger partial charge in [-0.2, -0.15) is 0 Å². The number of carbonyl (C=O) groups excluding carboxylic acids is 1. The summed E-state index contributed by atoms with van der Waals surface area (Å²) in [6.45, 7) is 2.08. The number of hydrogen-bond acceptors (Lipinski definition) is 2. The van der Waals surface area contributed by atoms with E-state index in [2.05, 4.69) is 6.92 Å². The second-order valence-corrected chi connectivity index (χ2v) is 2.90. The third kappa shape index (κ3) is 2.91. The third-order valence-electron chi connectivity index (χ3n) is 1.76. The number of furan rings is 1. The highest BCUT2D eigenvalue weighted by molar-refractivity contribution is 5.80. The molecule has 0 aliphatic rings. The van der Waals surface area contributed by atoms with E-state index in [1.807, 2.05) is 12.1 Å². The lowest BCUT2D eigenvalue weighted by molar-refractivity contribution is -0.118. The molecule has 1 rings (SSSR count). The Morgan fingerprint density at radius 1 is 1.58 bits per heavy atom. The molecule has 0 aromatic carbocycles. The minimum atomic E-state index is 0.270. The van der Waals surface area contributed by atoms with Gasteiger partial charge in [0.25, 0.3) is 0 Å². The Hall–Kier alpha value is -1.05. The van der Waals surface area contributed by atoms with Crippen LogP contribution in [0, 0.1) is 0 Å². The van der Waals surface area contributed by atoms with E-state index in [1.165, 1.54) is 0 Å². The van der Waals surface area contributed by atoms with Crippen LogP contribution in [0.25, 0.3) is 0 Å². The zero-order valence-electron chi connectivity index (χ0n) is 7.38. The summed E-state index contributed by atoms with van der Waals surface area (Å²) in [5.74, 6) is 1.04. The van der Waals surface area contributed by atoms with E-state index in [0.717, 1.165) is 18.6 Å².